The minimum absolute atomic E-state index is 0.0108. The van der Waals surface area contributed by atoms with Gasteiger partial charge in [0.2, 0.25) is 5.91 Å². The summed E-state index contributed by atoms with van der Waals surface area (Å²) in [5.74, 6) is 0.760. The van der Waals surface area contributed by atoms with Gasteiger partial charge in [0.1, 0.15) is 5.76 Å². The molecule has 1 amide bonds. The van der Waals surface area contributed by atoms with E-state index in [4.69, 9.17) is 4.42 Å². The predicted octanol–water partition coefficient (Wildman–Crippen LogP) is 1.88. The number of rotatable bonds is 5. The number of amides is 1. The van der Waals surface area contributed by atoms with Crippen LogP contribution in [0.3, 0.4) is 0 Å². The second-order valence-corrected chi connectivity index (χ2v) is 5.57. The number of hydrogen-bond donors (Lipinski definition) is 1. The molecule has 1 atom stereocenters. The molecule has 0 unspecified atom stereocenters. The van der Waals surface area contributed by atoms with Crippen LogP contribution in [0.15, 0.2) is 53.1 Å². The van der Waals surface area contributed by atoms with Crippen LogP contribution in [0, 0.1) is 0 Å². The largest absolute Gasteiger partial charge is 0.467 e. The van der Waals surface area contributed by atoms with Crippen LogP contribution in [0.4, 0.5) is 5.69 Å². The highest BCUT2D eigenvalue weighted by atomic mass is 16.3. The van der Waals surface area contributed by atoms with E-state index in [-0.39, 0.29) is 12.0 Å². The van der Waals surface area contributed by atoms with Crippen molar-refractivity contribution in [3.05, 3.63) is 54.5 Å². The Balaban J connectivity index is 1.74. The molecule has 0 radical (unpaired) electrons. The highest BCUT2D eigenvalue weighted by Gasteiger charge is 2.25. The van der Waals surface area contributed by atoms with Gasteiger partial charge in [-0.3, -0.25) is 9.69 Å². The zero-order chi connectivity index (χ0) is 15.4. The molecule has 5 nitrogen and oxygen atoms in total. The SMILES string of the molecule is O=C(CN1CC[C@H](O)C1)N(Cc1ccco1)c1ccccc1. The molecule has 2 aromatic rings. The first-order valence-electron chi connectivity index (χ1n) is 7.50. The standard InChI is InChI=1S/C17H20N2O3/c20-15-8-9-18(11-15)13-17(21)19(12-16-7-4-10-22-16)14-5-2-1-3-6-14/h1-7,10,15,20H,8-9,11-13H2/t15-/m0/s1. The van der Waals surface area contributed by atoms with E-state index in [1.807, 2.05) is 47.4 Å². The summed E-state index contributed by atoms with van der Waals surface area (Å²) >= 11 is 0. The van der Waals surface area contributed by atoms with Crippen LogP contribution in [0.25, 0.3) is 0 Å². The van der Waals surface area contributed by atoms with E-state index in [1.54, 1.807) is 11.2 Å². The third-order valence-electron chi connectivity index (χ3n) is 3.87. The second-order valence-electron chi connectivity index (χ2n) is 5.57. The van der Waals surface area contributed by atoms with Gasteiger partial charge in [-0.25, -0.2) is 0 Å². The molecular weight excluding hydrogens is 280 g/mol. The van der Waals surface area contributed by atoms with Crippen LogP contribution in [0.1, 0.15) is 12.2 Å². The maximum atomic E-state index is 12.7. The number of furan rings is 1. The Bertz CT molecular complexity index is 598. The summed E-state index contributed by atoms with van der Waals surface area (Å²) in [6.45, 7) is 2.05. The first kappa shape index (κ1) is 14.8. The molecule has 1 saturated heterocycles. The Hall–Kier alpha value is -2.11. The molecule has 5 heteroatoms. The summed E-state index contributed by atoms with van der Waals surface area (Å²) in [4.78, 5) is 16.4. The minimum Gasteiger partial charge on any atom is -0.467 e. The number of aliphatic hydroxyl groups excluding tert-OH is 1. The average Bonchev–Trinajstić information content (AvgIpc) is 3.17. The normalized spacial score (nSPS) is 18.5. The van der Waals surface area contributed by atoms with Crippen molar-refractivity contribution in [1.29, 1.82) is 0 Å². The summed E-state index contributed by atoms with van der Waals surface area (Å²) in [5.41, 5.74) is 0.851. The van der Waals surface area contributed by atoms with E-state index in [0.717, 1.165) is 24.4 Å². The topological polar surface area (TPSA) is 56.9 Å². The van der Waals surface area contributed by atoms with Gasteiger partial charge in [0.25, 0.3) is 0 Å². The van der Waals surface area contributed by atoms with E-state index in [2.05, 4.69) is 0 Å². The van der Waals surface area contributed by atoms with Crippen molar-refractivity contribution < 1.29 is 14.3 Å². The van der Waals surface area contributed by atoms with Crippen LogP contribution < -0.4 is 4.90 Å². The molecule has 0 spiro atoms. The summed E-state index contributed by atoms with van der Waals surface area (Å²) in [7, 11) is 0. The van der Waals surface area contributed by atoms with Gasteiger partial charge in [0, 0.05) is 18.8 Å². The molecule has 1 aromatic heterocycles. The quantitative estimate of drug-likeness (QED) is 0.916. The maximum Gasteiger partial charge on any atom is 0.241 e. The minimum atomic E-state index is -0.317. The fraction of sp³-hybridized carbons (Fsp3) is 0.353. The maximum absolute atomic E-state index is 12.7. The van der Waals surface area contributed by atoms with Crippen molar-refractivity contribution in [1.82, 2.24) is 4.90 Å². The van der Waals surface area contributed by atoms with Crippen LogP contribution >= 0.6 is 0 Å². The zero-order valence-corrected chi connectivity index (χ0v) is 12.4. The van der Waals surface area contributed by atoms with E-state index in [0.29, 0.717) is 19.6 Å². The second kappa shape index (κ2) is 6.77. The number of benzene rings is 1. The van der Waals surface area contributed by atoms with E-state index in [9.17, 15) is 9.90 Å². The lowest BCUT2D eigenvalue weighted by atomic mass is 10.2. The predicted molar refractivity (Wildman–Crippen MR) is 83.4 cm³/mol. The Morgan fingerprint density at radius 2 is 2.09 bits per heavy atom. The number of aliphatic hydroxyl groups is 1. The van der Waals surface area contributed by atoms with Crippen molar-refractivity contribution in [2.75, 3.05) is 24.5 Å². The Morgan fingerprint density at radius 3 is 2.73 bits per heavy atom. The summed E-state index contributed by atoms with van der Waals surface area (Å²) in [5, 5.41) is 9.59. The molecule has 0 saturated carbocycles. The smallest absolute Gasteiger partial charge is 0.241 e. The molecule has 1 aliphatic rings. The van der Waals surface area contributed by atoms with Gasteiger partial charge in [0.05, 0.1) is 25.5 Å². The fourth-order valence-electron chi connectivity index (χ4n) is 2.72. The molecule has 116 valence electrons. The molecule has 1 aliphatic heterocycles. The summed E-state index contributed by atoms with van der Waals surface area (Å²) in [6.07, 6.45) is 2.03. The molecule has 1 fully saturated rings. The van der Waals surface area contributed by atoms with Crippen molar-refractivity contribution >= 4 is 11.6 Å². The number of carbonyl (C=O) groups excluding carboxylic acids is 1. The summed E-state index contributed by atoms with van der Waals surface area (Å²) in [6, 6.07) is 13.3. The molecular formula is C17H20N2O3. The van der Waals surface area contributed by atoms with Crippen LogP contribution in [0.2, 0.25) is 0 Å². The van der Waals surface area contributed by atoms with Gasteiger partial charge in [-0.05, 0) is 30.7 Å². The first-order valence-corrected chi connectivity index (χ1v) is 7.50. The molecule has 2 heterocycles. The molecule has 0 aliphatic carbocycles. The number of hydrogen-bond acceptors (Lipinski definition) is 4. The van der Waals surface area contributed by atoms with Gasteiger partial charge < -0.3 is 14.4 Å². The lowest BCUT2D eigenvalue weighted by Gasteiger charge is -2.24. The lowest BCUT2D eigenvalue weighted by molar-refractivity contribution is -0.119. The van der Waals surface area contributed by atoms with Crippen molar-refractivity contribution in [3.8, 4) is 0 Å². The van der Waals surface area contributed by atoms with Crippen LogP contribution in [0.5, 0.6) is 0 Å². The Labute approximate surface area is 129 Å². The Kier molecular flexibility index (Phi) is 4.56. The third-order valence-corrected chi connectivity index (χ3v) is 3.87. The van der Waals surface area contributed by atoms with Crippen molar-refractivity contribution in [2.24, 2.45) is 0 Å². The Morgan fingerprint density at radius 1 is 1.27 bits per heavy atom. The summed E-state index contributed by atoms with van der Waals surface area (Å²) < 4.78 is 5.38. The van der Waals surface area contributed by atoms with Gasteiger partial charge in [-0.1, -0.05) is 18.2 Å². The highest BCUT2D eigenvalue weighted by molar-refractivity contribution is 5.94. The van der Waals surface area contributed by atoms with Gasteiger partial charge >= 0.3 is 0 Å². The number of carbonyl (C=O) groups is 1. The average molecular weight is 300 g/mol. The van der Waals surface area contributed by atoms with Crippen molar-refractivity contribution in [3.63, 3.8) is 0 Å². The number of nitrogens with zero attached hydrogens (tertiary/aromatic N) is 2. The van der Waals surface area contributed by atoms with Crippen LogP contribution in [-0.2, 0) is 11.3 Å². The molecule has 22 heavy (non-hydrogen) atoms. The van der Waals surface area contributed by atoms with Gasteiger partial charge in [0.15, 0.2) is 0 Å². The number of likely N-dealkylation sites (tertiary alicyclic amines) is 1. The first-order chi connectivity index (χ1) is 10.7. The molecule has 1 aromatic carbocycles. The van der Waals surface area contributed by atoms with Crippen LogP contribution in [-0.4, -0.2) is 41.7 Å². The molecule has 0 bridgehead atoms. The highest BCUT2D eigenvalue weighted by Crippen LogP contribution is 2.18. The third kappa shape index (κ3) is 3.55. The van der Waals surface area contributed by atoms with Gasteiger partial charge in [-0.15, -0.1) is 0 Å². The monoisotopic (exact) mass is 300 g/mol. The van der Waals surface area contributed by atoms with Gasteiger partial charge in [-0.2, -0.15) is 0 Å². The number of anilines is 1. The molecule has 3 rings (SSSR count). The fourth-order valence-corrected chi connectivity index (χ4v) is 2.72. The number of para-hydroxylation sites is 1. The van der Waals surface area contributed by atoms with E-state index >= 15 is 0 Å². The zero-order valence-electron chi connectivity index (χ0n) is 12.4. The number of β-amino-alcohol motifs (C(OH)–C–C–N with tert-alkyl or cyclic N) is 1. The molecule has 1 N–H and O–H groups in total. The van der Waals surface area contributed by atoms with Crippen molar-refractivity contribution in [2.45, 2.75) is 19.1 Å². The van der Waals surface area contributed by atoms with E-state index < -0.39 is 0 Å². The lowest BCUT2D eigenvalue weighted by Crippen LogP contribution is -2.39. The van der Waals surface area contributed by atoms with E-state index in [1.165, 1.54) is 0 Å².